The molecule has 3 heterocycles. The number of nitrogens with two attached hydrogens (primary N) is 2. The molecule has 464 valence electrons. The first-order valence-electron chi connectivity index (χ1n) is 26.2. The van der Waals surface area contributed by atoms with Crippen LogP contribution in [0.5, 0.6) is 0 Å². The van der Waals surface area contributed by atoms with Crippen LogP contribution >= 0.6 is 0 Å². The van der Waals surface area contributed by atoms with Crippen LogP contribution in [-0.2, 0) is 155 Å². The Bertz CT molecular complexity index is 1330. The summed E-state index contributed by atoms with van der Waals surface area (Å²) in [6.45, 7) is 65.5. The average Bonchev–Trinajstić information content (AvgIpc) is 3.89. The molecule has 77 heavy (non-hydrogen) atoms. The van der Waals surface area contributed by atoms with Gasteiger partial charge < -0.3 is 40.3 Å². The minimum absolute atomic E-state index is 0. The van der Waals surface area contributed by atoms with Gasteiger partial charge in [0.15, 0.2) is 0 Å². The molecule has 0 aromatic carbocycles. The summed E-state index contributed by atoms with van der Waals surface area (Å²) in [5.74, 6) is 0. The molecule has 0 aliphatic carbocycles. The van der Waals surface area contributed by atoms with Crippen LogP contribution in [0.25, 0.3) is 0 Å². The van der Waals surface area contributed by atoms with Crippen molar-refractivity contribution in [2.45, 2.75) is 319 Å². The number of carbonyl (C=O) groups is 2. The quantitative estimate of drug-likeness (QED) is 0.134. The van der Waals surface area contributed by atoms with Crippen LogP contribution in [0, 0.1) is 0 Å². The number of ether oxygens (including phenoxy) is 5. The van der Waals surface area contributed by atoms with Gasteiger partial charge in [-0.15, -0.1) is 6.58 Å². The summed E-state index contributed by atoms with van der Waals surface area (Å²) in [6, 6.07) is 4.43. The second-order valence-corrected chi connectivity index (χ2v) is 39.2. The fourth-order valence-electron chi connectivity index (χ4n) is 5.94. The van der Waals surface area contributed by atoms with Crippen LogP contribution in [-0.4, -0.2) is 131 Å². The summed E-state index contributed by atoms with van der Waals surface area (Å²) >= 11 is 0. The zero-order valence-electron chi connectivity index (χ0n) is 52.8. The molecule has 0 aromatic rings. The molecule has 3 aliphatic rings. The van der Waals surface area contributed by atoms with Crippen LogP contribution in [0.3, 0.4) is 0 Å². The van der Waals surface area contributed by atoms with Gasteiger partial charge >= 0.3 is 12.2 Å². The van der Waals surface area contributed by atoms with Crippen molar-refractivity contribution in [2.75, 3.05) is 26.4 Å². The third-order valence-corrected chi connectivity index (χ3v) is 14.6. The first kappa shape index (κ1) is 118. The van der Waals surface area contributed by atoms with Crippen molar-refractivity contribution in [2.24, 2.45) is 16.5 Å². The summed E-state index contributed by atoms with van der Waals surface area (Å²) in [7, 11) is -2.96. The van der Waals surface area contributed by atoms with Gasteiger partial charge in [-0.25, -0.2) is 14.6 Å². The number of aliphatic hydroxyl groups excluding tert-OH is 1. The number of amidine groups is 1. The van der Waals surface area contributed by atoms with Gasteiger partial charge in [0.1, 0.15) is 29.3 Å². The summed E-state index contributed by atoms with van der Waals surface area (Å²) in [4.78, 5) is 32.0. The Hall–Kier alpha value is 2.46. The predicted octanol–water partition coefficient (Wildman–Crippen LogP) is 17.4. The van der Waals surface area contributed by atoms with Crippen molar-refractivity contribution in [3.63, 3.8) is 0 Å². The molecule has 0 unspecified atom stereocenters. The summed E-state index contributed by atoms with van der Waals surface area (Å²) in [5, 5.41) is 8.62. The Kier molecular flexibility index (Phi) is 92.0. The molecule has 2 amide bonds. The molecule has 20 heteroatoms. The van der Waals surface area contributed by atoms with Gasteiger partial charge in [0.25, 0.3) is 6.02 Å². The molecule has 13 nitrogen and oxygen atoms in total. The van der Waals surface area contributed by atoms with E-state index >= 15 is 0 Å². The third kappa shape index (κ3) is 65.8. The van der Waals surface area contributed by atoms with E-state index in [-0.39, 0.29) is 205 Å². The minimum atomic E-state index is -1.12. The molecular weight excluding hydrogens is 1320 g/mol. The van der Waals surface area contributed by atoms with Crippen LogP contribution in [0.15, 0.2) is 17.6 Å². The largest absolute Gasteiger partial charge is 0.463 e. The van der Waals surface area contributed by atoms with Crippen LogP contribution < -0.4 is 11.5 Å². The molecular formula is C57H139N5O8Si3Y4. The fourth-order valence-corrected chi connectivity index (χ4v) is 9.58. The topological polar surface area (TPSA) is 171 Å². The molecule has 5 N–H and O–H groups in total. The van der Waals surface area contributed by atoms with Crippen LogP contribution in [0.4, 0.5) is 9.59 Å². The number of carbonyl (C=O) groups excluding carboxylic acids is 2. The van der Waals surface area contributed by atoms with E-state index in [4.69, 9.17) is 40.3 Å². The number of hydrogen-bond acceptors (Lipinski definition) is 11. The van der Waals surface area contributed by atoms with Gasteiger partial charge in [-0.1, -0.05) is 190 Å². The number of aliphatic imine (C=N–C) groups is 1. The van der Waals surface area contributed by atoms with Crippen molar-refractivity contribution in [3.05, 3.63) is 12.7 Å². The Morgan fingerprint density at radius 1 is 0.649 bits per heavy atom. The molecule has 4 atom stereocenters. The van der Waals surface area contributed by atoms with E-state index < -0.39 is 46.9 Å². The van der Waals surface area contributed by atoms with E-state index in [9.17, 15) is 9.59 Å². The van der Waals surface area contributed by atoms with Crippen molar-refractivity contribution in [1.29, 1.82) is 0 Å². The standard InChI is InChI=1S/C15H31NO3Si.C12H21NO3.C8H18N2OSi.C7H19NOSi.5C2H6.5CH4.4Y/c1-14(2,3)19-13(17)16-12(9-10-20(6,7)8)11-18-15(16,4)5;1-7-9-8-15-12(5,6)13(9)10(14)16-11(2,3)4;1-12(2,3)5-4-7-6-11-8(9)10-7;1-10(2,3)5-4-7(8)6-9;5*1-2;;;;;;;;;/h12H,9-11H2,1-8H3;7,9H,1,8H2,2-6H3;7H,4-6H2,1-3H3,(H2,9,10);7,9H,4-6,8H2,1-3H3;5*1-2H3;5*1H4;;;;/t12-;9-;2*7-;;;;;;;;;;;;;;/m0000............../s1. The Morgan fingerprint density at radius 2 is 0.974 bits per heavy atom. The molecule has 2 saturated heterocycles. The van der Waals surface area contributed by atoms with Gasteiger partial charge in [0.2, 0.25) is 0 Å². The molecule has 0 aromatic heterocycles. The molecule has 4 radical (unpaired) electrons. The molecule has 0 bridgehead atoms. The molecule has 3 aliphatic heterocycles. The van der Waals surface area contributed by atoms with Gasteiger partial charge in [-0.2, -0.15) is 0 Å². The van der Waals surface area contributed by atoms with Gasteiger partial charge in [0, 0.05) is 161 Å². The smallest absolute Gasteiger partial charge is 0.413 e. The van der Waals surface area contributed by atoms with Crippen molar-refractivity contribution in [1.82, 2.24) is 9.80 Å². The van der Waals surface area contributed by atoms with Gasteiger partial charge in [-0.3, -0.25) is 9.80 Å². The minimum Gasteiger partial charge on any atom is -0.463 e. The van der Waals surface area contributed by atoms with Gasteiger partial charge in [0.05, 0.1) is 37.9 Å². The first-order valence-corrected chi connectivity index (χ1v) is 37.3. The van der Waals surface area contributed by atoms with E-state index in [1.807, 2.05) is 138 Å². The fraction of sp³-hybridized carbons (Fsp3) is 0.912. The molecule has 2 fully saturated rings. The SMILES string of the molecule is C.C.C.C.C.C=C[C@H]1COC(C)(C)N1C(=O)OC(C)(C)C.CC.CC.CC.CC.CC.CC(C)(C)OC(=O)N1[C@@H](CC[Si](C)(C)C)COC1(C)C.C[Si](C)(C)CC[C@H](N)CO.C[Si](C)(C)CC[C@H]1COC(N)=N1.[Y].[Y].[Y].[Y]. The molecule has 0 saturated carbocycles. The van der Waals surface area contributed by atoms with E-state index in [1.165, 1.54) is 18.1 Å². The van der Waals surface area contributed by atoms with E-state index in [0.29, 0.717) is 31.9 Å². The van der Waals surface area contributed by atoms with E-state index in [0.717, 1.165) is 19.3 Å². The Labute approximate surface area is 588 Å². The Balaban J connectivity index is -0.0000000476. The molecule has 0 spiro atoms. The normalized spacial score (nSPS) is 17.1. The summed E-state index contributed by atoms with van der Waals surface area (Å²) in [5.41, 5.74) is 8.77. The maximum atomic E-state index is 12.4. The zero-order chi connectivity index (χ0) is 55.7. The van der Waals surface area contributed by atoms with Crippen LogP contribution in [0.1, 0.15) is 195 Å². The first-order chi connectivity index (χ1) is 30.9. The summed E-state index contributed by atoms with van der Waals surface area (Å²) < 4.78 is 27.3. The van der Waals surface area contributed by atoms with Crippen LogP contribution in [0.2, 0.25) is 77.1 Å². The monoisotopic (exact) mass is 1460 g/mol. The van der Waals surface area contributed by atoms with Crippen molar-refractivity contribution < 1.29 is 169 Å². The summed E-state index contributed by atoms with van der Waals surface area (Å²) in [6.07, 6.45) is 4.19. The van der Waals surface area contributed by atoms with E-state index in [1.54, 1.807) is 15.9 Å². The number of amides is 2. The van der Waals surface area contributed by atoms with E-state index in [2.05, 4.69) is 70.5 Å². The number of aliphatic hydroxyl groups is 1. The number of rotatable bonds is 11. The number of hydrogen-bond donors (Lipinski definition) is 3. The van der Waals surface area contributed by atoms with Crippen molar-refractivity contribution in [3.8, 4) is 0 Å². The number of nitrogens with zero attached hydrogens (tertiary/aromatic N) is 3. The third-order valence-electron chi connectivity index (χ3n) is 9.23. The zero-order valence-corrected chi connectivity index (χ0v) is 67.1. The average molecular weight is 1460 g/mol. The second kappa shape index (κ2) is 60.2. The maximum absolute atomic E-state index is 12.4. The maximum Gasteiger partial charge on any atom is 0.413 e. The van der Waals surface area contributed by atoms with Crippen molar-refractivity contribution >= 4 is 42.4 Å². The second-order valence-electron chi connectivity index (χ2n) is 22.3. The van der Waals surface area contributed by atoms with Gasteiger partial charge in [-0.05, 0) is 88.5 Å². The Morgan fingerprint density at radius 3 is 1.27 bits per heavy atom. The predicted molar refractivity (Wildman–Crippen MR) is 339 cm³/mol. The molecule has 3 rings (SSSR count).